The summed E-state index contributed by atoms with van der Waals surface area (Å²) in [4.78, 5) is 14.0. The molecule has 454 valence electrons. The number of carbonyl (C=O) groups is 1. The normalized spacial score (nSPS) is 13.4. The molecule has 12 heteroatoms. The van der Waals surface area contributed by atoms with Crippen molar-refractivity contribution in [1.29, 1.82) is 0 Å². The highest BCUT2D eigenvalue weighted by molar-refractivity contribution is 8.99. The number of hydrogen-bond acceptors (Lipinski definition) is 9. The largest absolute Gasteiger partial charge is 0.337 e. The smallest absolute Gasteiger partial charge is 0.248 e. The number of ether oxygens (including phenoxy) is 1. The highest BCUT2D eigenvalue weighted by atomic mass is 33.2. The van der Waals surface area contributed by atoms with Crippen molar-refractivity contribution in [2.75, 3.05) is 30.5 Å². The van der Waals surface area contributed by atoms with Gasteiger partial charge in [0.1, 0.15) is 0 Å². The van der Waals surface area contributed by atoms with Gasteiger partial charge in [0, 0.05) is 24.5 Å². The third-order valence-corrected chi connectivity index (χ3v) is 29.1. The number of nitrogens with one attached hydrogen (secondary N) is 1. The Bertz CT molecular complexity index is 1160. The summed E-state index contributed by atoms with van der Waals surface area (Å²) < 4.78 is 10.4. The van der Waals surface area contributed by atoms with Gasteiger partial charge < -0.3 is 14.6 Å². The first kappa shape index (κ1) is 78.0. The minimum Gasteiger partial charge on any atom is -0.337 e. The van der Waals surface area contributed by atoms with Crippen molar-refractivity contribution in [2.24, 2.45) is 0 Å². The Morgan fingerprint density at radius 3 is 1.00 bits per heavy atom. The highest BCUT2D eigenvalue weighted by Gasteiger charge is 2.34. The minimum absolute atomic E-state index is 0.0430. The van der Waals surface area contributed by atoms with E-state index in [1.54, 1.807) is 34.5 Å². The Labute approximate surface area is 505 Å². The fourth-order valence-electron chi connectivity index (χ4n) is 10.1. The molecule has 2 atom stereocenters. The van der Waals surface area contributed by atoms with Crippen molar-refractivity contribution in [1.82, 2.24) is 5.32 Å². The first-order valence-corrected chi connectivity index (χ1v) is 43.8. The predicted octanol–water partition coefficient (Wildman–Crippen LogP) is 26.0. The average Bonchev–Trinajstić information content (AvgIpc) is 3.41. The lowest BCUT2D eigenvalue weighted by molar-refractivity contribution is -0.123. The van der Waals surface area contributed by atoms with Crippen molar-refractivity contribution < 1.29 is 14.1 Å². The molecule has 0 fully saturated rings. The second-order valence-corrected chi connectivity index (χ2v) is 38.2. The number of thioether (sulfide) groups is 1. The summed E-state index contributed by atoms with van der Waals surface area (Å²) in [5, 5.41) is 3.42. The lowest BCUT2D eigenvalue weighted by Gasteiger charge is -2.32. The molecule has 0 aromatic carbocycles. The number of rotatable bonds is 67. The molecule has 0 aliphatic rings. The van der Waals surface area contributed by atoms with Crippen LogP contribution < -0.4 is 5.32 Å². The Balaban J connectivity index is 5.22. The summed E-state index contributed by atoms with van der Waals surface area (Å²) in [6.07, 6.45) is 70.6. The maximum Gasteiger partial charge on any atom is 0.248 e. The van der Waals surface area contributed by atoms with Crippen molar-refractivity contribution in [3.63, 3.8) is 0 Å². The molecule has 0 heterocycles. The quantitative estimate of drug-likeness (QED) is 0.0365. The number of carbonyl (C=O) groups excluding carboxylic acids is 1. The summed E-state index contributed by atoms with van der Waals surface area (Å²) in [6.45, 7) is 11.4. The van der Waals surface area contributed by atoms with Gasteiger partial charge in [-0.25, -0.2) is 0 Å². The fourth-order valence-corrected chi connectivity index (χ4v) is 23.0. The van der Waals surface area contributed by atoms with Gasteiger partial charge in [0.15, 0.2) is 4.67 Å². The Morgan fingerprint density at radius 2 is 0.671 bits per heavy atom. The maximum atomic E-state index is 14.0. The van der Waals surface area contributed by atoms with Gasteiger partial charge in [-0.05, 0) is 66.4 Å². The molecule has 0 saturated heterocycles. The van der Waals surface area contributed by atoms with Crippen LogP contribution in [0.15, 0.2) is 0 Å². The lowest BCUT2D eigenvalue weighted by Crippen LogP contribution is -2.45. The molecule has 0 spiro atoms. The van der Waals surface area contributed by atoms with Crippen LogP contribution in [0.25, 0.3) is 0 Å². The number of unbranched alkanes of at least 4 members (excludes halogenated alkanes) is 48. The van der Waals surface area contributed by atoms with Gasteiger partial charge in [-0.2, -0.15) is 0 Å². The van der Waals surface area contributed by atoms with Gasteiger partial charge in [-0.1, -0.05) is 370 Å². The third kappa shape index (κ3) is 57.8. The van der Waals surface area contributed by atoms with E-state index in [1.807, 2.05) is 11.4 Å². The van der Waals surface area contributed by atoms with E-state index in [0.29, 0.717) is 18.8 Å². The number of amides is 1. The molecule has 1 N–H and O–H groups in total. The molecule has 0 rings (SSSR count). The molecule has 1 amide bonds. The summed E-state index contributed by atoms with van der Waals surface area (Å²) in [5.41, 5.74) is 0. The first-order chi connectivity index (χ1) is 37.4. The zero-order valence-electron chi connectivity index (χ0n) is 51.1. The summed E-state index contributed by atoms with van der Waals surface area (Å²) in [7, 11) is 0. The third-order valence-electron chi connectivity index (χ3n) is 15.1. The van der Waals surface area contributed by atoms with E-state index in [2.05, 4.69) is 33.0 Å². The van der Waals surface area contributed by atoms with Gasteiger partial charge in [0.25, 0.3) is 0 Å². The van der Waals surface area contributed by atoms with Crippen LogP contribution in [0.2, 0.25) is 0 Å². The van der Waals surface area contributed by atoms with Gasteiger partial charge in [-0.15, -0.1) is 0 Å². The van der Waals surface area contributed by atoms with Crippen LogP contribution in [-0.2, 0) is 37.7 Å². The zero-order chi connectivity index (χ0) is 55.2. The van der Waals surface area contributed by atoms with E-state index < -0.39 is 9.06 Å². The SMILES string of the molecule is CCCCCCCCCCCCCCCOC(NC(=O)CCSP(=S)(OCCCCCCCCCCCCCCC)SCCCCCCCCCCCCCCC)(SCCCCCCCCCCCCCCC)SP=S. The van der Waals surface area contributed by atoms with Crippen molar-refractivity contribution in [2.45, 2.75) is 372 Å². The van der Waals surface area contributed by atoms with Crippen LogP contribution in [0.1, 0.15) is 368 Å². The predicted molar refractivity (Wildman–Crippen MR) is 364 cm³/mol. The molecule has 0 aliphatic heterocycles. The number of hydrogen-bond donors (Lipinski definition) is 1. The molecular weight excluding hydrogens is 1090 g/mol. The average molecular weight is 1220 g/mol. The Kier molecular flexibility index (Phi) is 66.2. The standard InChI is InChI=1S/C64H129NO3P2S6/c1-5-9-13-17-21-25-29-33-37-41-45-49-53-58-67-64(76-69-71,73-60-55-51-47-43-39-35-31-27-23-19-15-11-7-3)65-63(66)57-62-75-70(72,68-59-54-50-46-42-38-34-30-26-22-18-14-10-6-2)74-61-56-52-48-44-40-36-32-28-24-20-16-12-8-4/h5-62H2,1-4H3,(H,65,66). The van der Waals surface area contributed by atoms with Crippen LogP contribution in [0.3, 0.4) is 0 Å². The van der Waals surface area contributed by atoms with E-state index in [4.69, 9.17) is 32.9 Å². The van der Waals surface area contributed by atoms with Crippen LogP contribution in [0.5, 0.6) is 0 Å². The maximum absolute atomic E-state index is 14.0. The van der Waals surface area contributed by atoms with Crippen LogP contribution in [-0.4, -0.2) is 40.8 Å². The van der Waals surface area contributed by atoms with Crippen LogP contribution in [0, 0.1) is 0 Å². The monoisotopic (exact) mass is 1210 g/mol. The van der Waals surface area contributed by atoms with Crippen molar-refractivity contribution in [3.05, 3.63) is 0 Å². The Morgan fingerprint density at radius 1 is 0.395 bits per heavy atom. The molecule has 0 aliphatic carbocycles. The highest BCUT2D eigenvalue weighted by Crippen LogP contribution is 2.70. The molecule has 0 saturated carbocycles. The fraction of sp³-hybridized carbons (Fsp3) is 0.984. The second-order valence-electron chi connectivity index (χ2n) is 22.6. The molecule has 4 nitrogen and oxygen atoms in total. The van der Waals surface area contributed by atoms with Crippen molar-refractivity contribution in [3.8, 4) is 0 Å². The van der Waals surface area contributed by atoms with E-state index in [1.165, 1.54) is 315 Å². The zero-order valence-corrected chi connectivity index (χ0v) is 57.8. The van der Waals surface area contributed by atoms with Crippen LogP contribution >= 0.6 is 57.1 Å². The molecule has 0 aromatic rings. The van der Waals surface area contributed by atoms with E-state index in [-0.39, 0.29) is 5.91 Å². The van der Waals surface area contributed by atoms with E-state index in [0.717, 1.165) is 43.9 Å². The van der Waals surface area contributed by atoms with Gasteiger partial charge in [0.2, 0.25) is 10.3 Å². The second kappa shape index (κ2) is 64.5. The summed E-state index contributed by atoms with van der Waals surface area (Å²) >= 11 is 19.0. The first-order valence-electron chi connectivity index (χ1n) is 33.5. The van der Waals surface area contributed by atoms with Gasteiger partial charge in [0.05, 0.1) is 13.2 Å². The van der Waals surface area contributed by atoms with Gasteiger partial charge in [-0.3, -0.25) is 4.79 Å². The van der Waals surface area contributed by atoms with E-state index in [9.17, 15) is 4.79 Å². The Hall–Kier alpha value is 1.96. The molecule has 2 unspecified atom stereocenters. The molecule has 76 heavy (non-hydrogen) atoms. The topological polar surface area (TPSA) is 47.6 Å². The van der Waals surface area contributed by atoms with Crippen LogP contribution in [0.4, 0.5) is 0 Å². The van der Waals surface area contributed by atoms with Crippen molar-refractivity contribution >= 4 is 86.7 Å². The summed E-state index contributed by atoms with van der Waals surface area (Å²) in [6, 6.07) is 0. The van der Waals surface area contributed by atoms with Gasteiger partial charge >= 0.3 is 0 Å². The minimum atomic E-state index is -2.17. The molecule has 0 bridgehead atoms. The summed E-state index contributed by atoms with van der Waals surface area (Å²) in [5.74, 6) is 2.75. The van der Waals surface area contributed by atoms with E-state index >= 15 is 0 Å². The lowest BCUT2D eigenvalue weighted by atomic mass is 10.0. The molecular formula is C64H129NO3P2S6. The molecule has 0 radical (unpaired) electrons. The molecule has 0 aromatic heterocycles.